The molecule has 2 aromatic heterocycles. The number of carbonyl (C=O) groups excluding carboxylic acids is 1. The number of ether oxygens (including phenoxy) is 1. The summed E-state index contributed by atoms with van der Waals surface area (Å²) in [5.41, 5.74) is 0.454. The summed E-state index contributed by atoms with van der Waals surface area (Å²) in [5, 5.41) is 13.8. The molecule has 2 aromatic rings. The molecule has 2 aliphatic heterocycles. The van der Waals surface area contributed by atoms with E-state index in [-0.39, 0.29) is 11.3 Å². The molecule has 0 radical (unpaired) electrons. The first-order chi connectivity index (χ1) is 15.0. The van der Waals surface area contributed by atoms with Gasteiger partial charge in [-0.1, -0.05) is 5.16 Å². The number of hydrogen-bond donors (Lipinski definition) is 2. The molecular weight excluding hydrogens is 435 g/mol. The van der Waals surface area contributed by atoms with Crippen molar-refractivity contribution >= 4 is 11.9 Å². The molecule has 2 atom stereocenters. The zero-order valence-electron chi connectivity index (χ0n) is 17.6. The topological polar surface area (TPSA) is 118 Å². The fourth-order valence-corrected chi connectivity index (χ4v) is 3.97. The number of nitrogens with zero attached hydrogens (tertiary/aromatic N) is 2. The third-order valence-corrected chi connectivity index (χ3v) is 5.61. The highest BCUT2D eigenvalue weighted by Gasteiger charge is 2.50. The molecule has 9 nitrogen and oxygen atoms in total. The number of carbonyl (C=O) groups is 2. The van der Waals surface area contributed by atoms with Crippen LogP contribution in [0.25, 0.3) is 0 Å². The minimum Gasteiger partial charge on any atom is -0.475 e. The minimum absolute atomic E-state index is 0.0393. The van der Waals surface area contributed by atoms with Gasteiger partial charge in [0.15, 0.2) is 0 Å². The summed E-state index contributed by atoms with van der Waals surface area (Å²) in [6.07, 6.45) is -3.62. The number of amides is 1. The molecule has 0 unspecified atom stereocenters. The second-order valence-corrected chi connectivity index (χ2v) is 8.04. The summed E-state index contributed by atoms with van der Waals surface area (Å²) in [5.74, 6) is -0.0178. The van der Waals surface area contributed by atoms with Crippen LogP contribution in [-0.4, -0.2) is 66.1 Å². The number of halogens is 3. The second kappa shape index (κ2) is 9.33. The number of carboxylic acids is 1. The van der Waals surface area contributed by atoms with Gasteiger partial charge in [-0.3, -0.25) is 9.69 Å². The Labute approximate surface area is 181 Å². The minimum atomic E-state index is -5.08. The van der Waals surface area contributed by atoms with E-state index in [1.165, 1.54) is 6.20 Å². The van der Waals surface area contributed by atoms with Gasteiger partial charge < -0.3 is 24.1 Å². The third-order valence-electron chi connectivity index (χ3n) is 5.61. The molecule has 1 amide bonds. The van der Waals surface area contributed by atoms with E-state index in [0.717, 1.165) is 37.8 Å². The number of rotatable bonds is 5. The summed E-state index contributed by atoms with van der Waals surface area (Å²) < 4.78 is 48.1. The van der Waals surface area contributed by atoms with Crippen LogP contribution in [0, 0.1) is 25.2 Å². The molecule has 0 aliphatic carbocycles. The monoisotopic (exact) mass is 459 g/mol. The van der Waals surface area contributed by atoms with Gasteiger partial charge in [-0.2, -0.15) is 13.2 Å². The Balaban J connectivity index is 0.000000360. The highest BCUT2D eigenvalue weighted by molar-refractivity contribution is 5.94. The second-order valence-electron chi connectivity index (χ2n) is 8.04. The summed E-state index contributed by atoms with van der Waals surface area (Å²) in [7, 11) is 0. The van der Waals surface area contributed by atoms with E-state index in [9.17, 15) is 18.0 Å². The molecule has 2 N–H and O–H groups in total. The van der Waals surface area contributed by atoms with Crippen molar-refractivity contribution in [2.75, 3.05) is 32.8 Å². The zero-order valence-corrected chi connectivity index (χ0v) is 17.6. The van der Waals surface area contributed by atoms with E-state index in [1.54, 1.807) is 6.92 Å². The smallest absolute Gasteiger partial charge is 0.475 e. The predicted molar refractivity (Wildman–Crippen MR) is 103 cm³/mol. The zero-order chi connectivity index (χ0) is 23.5. The number of likely N-dealkylation sites (tertiary alicyclic amines) is 1. The molecule has 12 heteroatoms. The van der Waals surface area contributed by atoms with Gasteiger partial charge in [0.05, 0.1) is 26.0 Å². The largest absolute Gasteiger partial charge is 0.490 e. The van der Waals surface area contributed by atoms with Gasteiger partial charge in [0.1, 0.15) is 22.8 Å². The van der Waals surface area contributed by atoms with Crippen LogP contribution < -0.4 is 5.32 Å². The van der Waals surface area contributed by atoms with E-state index in [4.69, 9.17) is 23.6 Å². The fourth-order valence-electron chi connectivity index (χ4n) is 3.97. The molecule has 32 heavy (non-hydrogen) atoms. The average Bonchev–Trinajstić information content (AvgIpc) is 3.45. The summed E-state index contributed by atoms with van der Waals surface area (Å²) in [4.78, 5) is 23.7. The van der Waals surface area contributed by atoms with Crippen molar-refractivity contribution in [2.45, 2.75) is 26.6 Å². The maximum absolute atomic E-state index is 12.4. The molecule has 4 rings (SSSR count). The van der Waals surface area contributed by atoms with Crippen molar-refractivity contribution < 1.29 is 41.5 Å². The number of hydrogen-bond acceptors (Lipinski definition) is 7. The van der Waals surface area contributed by atoms with Crippen LogP contribution >= 0.6 is 0 Å². The molecule has 0 aromatic carbocycles. The first-order valence-corrected chi connectivity index (χ1v) is 9.85. The van der Waals surface area contributed by atoms with Crippen molar-refractivity contribution in [3.63, 3.8) is 0 Å². The van der Waals surface area contributed by atoms with Crippen molar-refractivity contribution in [3.8, 4) is 0 Å². The first kappa shape index (κ1) is 23.8. The van der Waals surface area contributed by atoms with E-state index in [1.807, 2.05) is 19.1 Å². The van der Waals surface area contributed by atoms with Gasteiger partial charge in [-0.15, -0.1) is 0 Å². The quantitative estimate of drug-likeness (QED) is 0.700. The van der Waals surface area contributed by atoms with Crippen LogP contribution in [0.15, 0.2) is 27.3 Å². The van der Waals surface area contributed by atoms with Crippen LogP contribution in [0.2, 0.25) is 0 Å². The molecular formula is C20H24F3N3O6. The van der Waals surface area contributed by atoms with Gasteiger partial charge >= 0.3 is 12.1 Å². The number of aryl methyl sites for hydroxylation is 2. The van der Waals surface area contributed by atoms with E-state index in [2.05, 4.69) is 15.4 Å². The van der Waals surface area contributed by atoms with Gasteiger partial charge in [0.25, 0.3) is 5.91 Å². The molecule has 2 aliphatic rings. The lowest BCUT2D eigenvalue weighted by Crippen LogP contribution is -2.43. The van der Waals surface area contributed by atoms with Crippen molar-refractivity contribution in [2.24, 2.45) is 11.3 Å². The van der Waals surface area contributed by atoms with Crippen LogP contribution in [-0.2, 0) is 16.1 Å². The molecule has 4 heterocycles. The maximum atomic E-state index is 12.4. The fraction of sp³-hybridized carbons (Fsp3) is 0.550. The highest BCUT2D eigenvalue weighted by atomic mass is 19.4. The lowest BCUT2D eigenvalue weighted by Gasteiger charge is -2.27. The van der Waals surface area contributed by atoms with Crippen LogP contribution in [0.3, 0.4) is 0 Å². The predicted octanol–water partition coefficient (Wildman–Crippen LogP) is 2.40. The maximum Gasteiger partial charge on any atom is 0.490 e. The number of aromatic nitrogens is 1. The molecule has 2 saturated heterocycles. The molecule has 2 fully saturated rings. The number of fused-ring (bicyclic) bond motifs is 1. The third kappa shape index (κ3) is 5.49. The van der Waals surface area contributed by atoms with Crippen molar-refractivity contribution in [3.05, 3.63) is 41.2 Å². The molecule has 0 spiro atoms. The Morgan fingerprint density at radius 3 is 2.62 bits per heavy atom. The average molecular weight is 459 g/mol. The lowest BCUT2D eigenvalue weighted by atomic mass is 9.81. The highest BCUT2D eigenvalue weighted by Crippen LogP contribution is 2.41. The Kier molecular flexibility index (Phi) is 6.94. The number of carboxylic acid groups (broad SMARTS) is 1. The SMILES string of the molecule is Cc1ccc(CN2C[C@@H]3COC[C@]3(CNC(=O)c3cnoc3C)C2)o1.O=C(O)C(F)(F)F. The summed E-state index contributed by atoms with van der Waals surface area (Å²) in [6.45, 7) is 8.36. The first-order valence-electron chi connectivity index (χ1n) is 9.85. The number of aliphatic carboxylic acids is 1. The van der Waals surface area contributed by atoms with Gasteiger partial charge in [0, 0.05) is 31.0 Å². The summed E-state index contributed by atoms with van der Waals surface area (Å²) in [6, 6.07) is 4.02. The summed E-state index contributed by atoms with van der Waals surface area (Å²) >= 11 is 0. The number of nitrogens with one attached hydrogen (secondary N) is 1. The normalized spacial score (nSPS) is 22.8. The van der Waals surface area contributed by atoms with E-state index < -0.39 is 12.1 Å². The molecule has 176 valence electrons. The van der Waals surface area contributed by atoms with Gasteiger partial charge in [-0.25, -0.2) is 4.79 Å². The Morgan fingerprint density at radius 1 is 1.34 bits per heavy atom. The van der Waals surface area contributed by atoms with Crippen LogP contribution in [0.1, 0.15) is 27.6 Å². The van der Waals surface area contributed by atoms with Gasteiger partial charge in [-0.05, 0) is 26.0 Å². The van der Waals surface area contributed by atoms with Crippen LogP contribution in [0.4, 0.5) is 13.2 Å². The Morgan fingerprint density at radius 2 is 2.06 bits per heavy atom. The van der Waals surface area contributed by atoms with Crippen LogP contribution in [0.5, 0.6) is 0 Å². The van der Waals surface area contributed by atoms with Crippen molar-refractivity contribution in [1.29, 1.82) is 0 Å². The Bertz CT molecular complexity index is 957. The number of alkyl halides is 3. The Hall–Kier alpha value is -2.86. The van der Waals surface area contributed by atoms with E-state index in [0.29, 0.717) is 30.4 Å². The molecule has 0 saturated carbocycles. The van der Waals surface area contributed by atoms with E-state index >= 15 is 0 Å². The van der Waals surface area contributed by atoms with Gasteiger partial charge in [0.2, 0.25) is 0 Å². The lowest BCUT2D eigenvalue weighted by molar-refractivity contribution is -0.192. The van der Waals surface area contributed by atoms with Crippen molar-refractivity contribution in [1.82, 2.24) is 15.4 Å². The standard InChI is InChI=1S/C18H23N3O4.C2HF3O2/c1-12-3-4-15(24-12)7-21-6-14-8-23-11-18(14,10-21)9-19-17(22)16-5-20-25-13(16)2;3-2(4,5)1(6)7/h3-5,14H,6-11H2,1-2H3,(H,19,22);(H,6,7)/t14-,18+;/m1./s1. The molecule has 0 bridgehead atoms. The number of furan rings is 1.